The highest BCUT2D eigenvalue weighted by atomic mass is 35.5. The van der Waals surface area contributed by atoms with Gasteiger partial charge in [-0.25, -0.2) is 0 Å². The summed E-state index contributed by atoms with van der Waals surface area (Å²) < 4.78 is 5.16. The third-order valence-corrected chi connectivity index (χ3v) is 5.79. The van der Waals surface area contributed by atoms with E-state index in [-0.39, 0.29) is 16.4 Å². The van der Waals surface area contributed by atoms with E-state index in [0.29, 0.717) is 22.6 Å². The van der Waals surface area contributed by atoms with E-state index in [1.807, 2.05) is 19.1 Å². The van der Waals surface area contributed by atoms with Crippen molar-refractivity contribution in [1.29, 1.82) is 0 Å². The fraction of sp³-hybridized carbons (Fsp3) is 0.160. The molecule has 1 fully saturated rings. The van der Waals surface area contributed by atoms with Gasteiger partial charge in [-0.1, -0.05) is 36.7 Å². The van der Waals surface area contributed by atoms with Crippen LogP contribution < -0.4 is 9.64 Å². The Kier molecular flexibility index (Phi) is 5.97. The number of anilines is 1. The molecule has 0 spiro atoms. The van der Waals surface area contributed by atoms with Crippen molar-refractivity contribution in [2.45, 2.75) is 19.4 Å². The van der Waals surface area contributed by atoms with Crippen LogP contribution in [-0.2, 0) is 16.0 Å². The summed E-state index contributed by atoms with van der Waals surface area (Å²) in [5.74, 6) is -1.37. The highest BCUT2D eigenvalue weighted by molar-refractivity contribution is 6.51. The number of pyridine rings is 1. The fourth-order valence-corrected chi connectivity index (χ4v) is 4.07. The number of Topliss-reactive ketones (excluding diaryl/α,β-unsaturated/α-hetero) is 1. The molecule has 0 radical (unpaired) electrons. The number of methoxy groups -OCH3 is 1. The van der Waals surface area contributed by atoms with Crippen molar-refractivity contribution in [1.82, 2.24) is 4.98 Å². The van der Waals surface area contributed by atoms with Crippen LogP contribution in [0.5, 0.6) is 5.75 Å². The fourth-order valence-electron chi connectivity index (χ4n) is 3.81. The van der Waals surface area contributed by atoms with E-state index >= 15 is 0 Å². The zero-order valence-corrected chi connectivity index (χ0v) is 18.3. The smallest absolute Gasteiger partial charge is 0.300 e. The molecule has 6 nitrogen and oxygen atoms in total. The number of carbonyl (C=O) groups is 2. The number of ketones is 1. The third-order valence-electron chi connectivity index (χ3n) is 5.49. The highest BCUT2D eigenvalue weighted by Crippen LogP contribution is 2.42. The molecule has 0 aliphatic carbocycles. The van der Waals surface area contributed by atoms with Gasteiger partial charge < -0.3 is 9.84 Å². The van der Waals surface area contributed by atoms with Gasteiger partial charge in [-0.2, -0.15) is 0 Å². The van der Waals surface area contributed by atoms with Gasteiger partial charge in [-0.05, 0) is 53.9 Å². The van der Waals surface area contributed by atoms with Crippen molar-refractivity contribution in [2.24, 2.45) is 0 Å². The number of hydrogen-bond acceptors (Lipinski definition) is 5. The SMILES string of the molecule is CCc1ccc(N2C(=O)C(=O)/C(=C(\O)c3ccc(OC)c(Cl)c3)C2c2cccnc2)cc1. The number of halogens is 1. The summed E-state index contributed by atoms with van der Waals surface area (Å²) in [6, 6.07) is 14.8. The lowest BCUT2D eigenvalue weighted by Gasteiger charge is -2.25. The Hall–Kier alpha value is -3.64. The van der Waals surface area contributed by atoms with Gasteiger partial charge in [0.2, 0.25) is 0 Å². The van der Waals surface area contributed by atoms with Crippen LogP contribution in [0.4, 0.5) is 5.69 Å². The molecule has 7 heteroatoms. The van der Waals surface area contributed by atoms with Crippen molar-refractivity contribution in [3.05, 3.63) is 94.3 Å². The number of aliphatic hydroxyl groups excluding tert-OH is 1. The summed E-state index contributed by atoms with van der Waals surface area (Å²) in [7, 11) is 1.48. The molecule has 162 valence electrons. The predicted molar refractivity (Wildman–Crippen MR) is 123 cm³/mol. The molecular weight excluding hydrogens is 428 g/mol. The molecule has 1 aromatic heterocycles. The Balaban J connectivity index is 1.90. The first-order valence-electron chi connectivity index (χ1n) is 10.1. The Labute approximate surface area is 190 Å². The molecule has 1 unspecified atom stereocenters. The molecule has 0 saturated carbocycles. The van der Waals surface area contributed by atoms with Crippen LogP contribution in [0.25, 0.3) is 5.76 Å². The van der Waals surface area contributed by atoms with Crippen molar-refractivity contribution in [3.8, 4) is 5.75 Å². The summed E-state index contributed by atoms with van der Waals surface area (Å²) in [6.45, 7) is 2.04. The first kappa shape index (κ1) is 21.6. The molecule has 0 bridgehead atoms. The number of amides is 1. The molecule has 1 atom stereocenters. The lowest BCUT2D eigenvalue weighted by Crippen LogP contribution is -2.29. The average molecular weight is 449 g/mol. The number of aromatic nitrogens is 1. The van der Waals surface area contributed by atoms with E-state index in [2.05, 4.69) is 4.98 Å². The third kappa shape index (κ3) is 3.74. The maximum atomic E-state index is 13.1. The van der Waals surface area contributed by atoms with E-state index in [1.54, 1.807) is 48.8 Å². The first-order valence-corrected chi connectivity index (χ1v) is 10.5. The van der Waals surface area contributed by atoms with Gasteiger partial charge in [0.15, 0.2) is 0 Å². The average Bonchev–Trinajstić information content (AvgIpc) is 3.09. The van der Waals surface area contributed by atoms with Gasteiger partial charge in [0, 0.05) is 23.6 Å². The van der Waals surface area contributed by atoms with Crippen molar-refractivity contribution < 1.29 is 19.4 Å². The summed E-state index contributed by atoms with van der Waals surface area (Å²) in [5.41, 5.74) is 2.56. The Bertz CT molecular complexity index is 1210. The topological polar surface area (TPSA) is 79.7 Å². The second kappa shape index (κ2) is 8.85. The van der Waals surface area contributed by atoms with E-state index in [9.17, 15) is 14.7 Å². The molecule has 3 aromatic rings. The minimum Gasteiger partial charge on any atom is -0.507 e. The van der Waals surface area contributed by atoms with Gasteiger partial charge in [0.1, 0.15) is 11.5 Å². The number of hydrogen-bond donors (Lipinski definition) is 1. The minimum absolute atomic E-state index is 0.0243. The van der Waals surface area contributed by atoms with Crippen LogP contribution in [0.15, 0.2) is 72.6 Å². The number of aliphatic hydroxyl groups is 1. The molecule has 32 heavy (non-hydrogen) atoms. The van der Waals surface area contributed by atoms with Crippen LogP contribution in [-0.4, -0.2) is 28.9 Å². The van der Waals surface area contributed by atoms with Crippen molar-refractivity contribution in [2.75, 3.05) is 12.0 Å². The van der Waals surface area contributed by atoms with E-state index in [4.69, 9.17) is 16.3 Å². The molecular formula is C25H21ClN2O4. The van der Waals surface area contributed by atoms with Gasteiger partial charge in [-0.15, -0.1) is 0 Å². The highest BCUT2D eigenvalue weighted by Gasteiger charge is 2.47. The van der Waals surface area contributed by atoms with E-state index < -0.39 is 17.7 Å². The Morgan fingerprint density at radius 2 is 1.91 bits per heavy atom. The largest absolute Gasteiger partial charge is 0.507 e. The Morgan fingerprint density at radius 3 is 2.50 bits per heavy atom. The zero-order valence-electron chi connectivity index (χ0n) is 17.6. The molecule has 2 heterocycles. The van der Waals surface area contributed by atoms with Crippen molar-refractivity contribution in [3.63, 3.8) is 0 Å². The normalized spacial score (nSPS) is 17.6. The van der Waals surface area contributed by atoms with Crippen LogP contribution >= 0.6 is 11.6 Å². The van der Waals surface area contributed by atoms with E-state index in [1.165, 1.54) is 18.1 Å². The number of benzene rings is 2. The van der Waals surface area contributed by atoms with Gasteiger partial charge in [0.25, 0.3) is 11.7 Å². The van der Waals surface area contributed by atoms with Crippen LogP contribution in [0.2, 0.25) is 5.02 Å². The lowest BCUT2D eigenvalue weighted by molar-refractivity contribution is -0.132. The monoisotopic (exact) mass is 448 g/mol. The molecule has 1 N–H and O–H groups in total. The summed E-state index contributed by atoms with van der Waals surface area (Å²) in [6.07, 6.45) is 4.04. The predicted octanol–water partition coefficient (Wildman–Crippen LogP) is 4.93. The van der Waals surface area contributed by atoms with Crippen LogP contribution in [0.3, 0.4) is 0 Å². The summed E-state index contributed by atoms with van der Waals surface area (Å²) >= 11 is 6.22. The van der Waals surface area contributed by atoms with Crippen LogP contribution in [0, 0.1) is 0 Å². The van der Waals surface area contributed by atoms with Crippen LogP contribution in [0.1, 0.15) is 29.7 Å². The maximum absolute atomic E-state index is 13.1. The molecule has 1 saturated heterocycles. The standard InChI is InChI=1S/C25H21ClN2O4/c1-3-15-6-9-18(10-7-15)28-22(17-5-4-12-27-14-17)21(24(30)25(28)31)23(29)16-8-11-20(32-2)19(26)13-16/h4-14,22,29H,3H2,1-2H3/b23-21-. The molecule has 2 aromatic carbocycles. The quantitative estimate of drug-likeness (QED) is 0.340. The molecule has 4 rings (SSSR count). The Morgan fingerprint density at radius 1 is 1.16 bits per heavy atom. The number of aryl methyl sites for hydroxylation is 1. The maximum Gasteiger partial charge on any atom is 0.300 e. The van der Waals surface area contributed by atoms with Gasteiger partial charge in [0.05, 0.1) is 23.7 Å². The number of ether oxygens (including phenoxy) is 1. The number of nitrogens with zero attached hydrogens (tertiary/aromatic N) is 2. The second-order valence-corrected chi connectivity index (χ2v) is 7.73. The molecule has 1 amide bonds. The lowest BCUT2D eigenvalue weighted by atomic mass is 9.96. The summed E-state index contributed by atoms with van der Waals surface area (Å²) in [4.78, 5) is 31.8. The van der Waals surface area contributed by atoms with Gasteiger partial charge in [-0.3, -0.25) is 19.5 Å². The second-order valence-electron chi connectivity index (χ2n) is 7.32. The summed E-state index contributed by atoms with van der Waals surface area (Å²) in [5, 5.41) is 11.4. The number of rotatable bonds is 5. The van der Waals surface area contributed by atoms with Crippen molar-refractivity contribution >= 4 is 34.7 Å². The van der Waals surface area contributed by atoms with E-state index in [0.717, 1.165) is 12.0 Å². The zero-order chi connectivity index (χ0) is 22.8. The minimum atomic E-state index is -0.836. The van der Waals surface area contributed by atoms with Gasteiger partial charge >= 0.3 is 0 Å². The molecule has 1 aliphatic heterocycles. The molecule has 1 aliphatic rings. The first-order chi connectivity index (χ1) is 15.5. The number of carbonyl (C=O) groups excluding carboxylic acids is 2.